The Morgan fingerprint density at radius 1 is 0.892 bits per heavy atom. The number of rotatable bonds is 7. The Kier molecular flexibility index (Phi) is 5.88. The van der Waals surface area contributed by atoms with Crippen LogP contribution in [-0.2, 0) is 26.7 Å². The van der Waals surface area contributed by atoms with Crippen LogP contribution in [0.3, 0.4) is 0 Å². The van der Waals surface area contributed by atoms with Gasteiger partial charge in [0.15, 0.2) is 11.5 Å². The number of benzene rings is 3. The number of Topliss-reactive ketones (excluding diaryl/α,β-unsaturated/α-hetero) is 1. The summed E-state index contributed by atoms with van der Waals surface area (Å²) in [5.41, 5.74) is 3.39. The minimum Gasteiger partial charge on any atom is -0.454 e. The Morgan fingerprint density at radius 3 is 2.30 bits per heavy atom. The zero-order valence-electron chi connectivity index (χ0n) is 21.1. The molecule has 0 spiro atoms. The van der Waals surface area contributed by atoms with Gasteiger partial charge in [-0.05, 0) is 86.1 Å². The predicted molar refractivity (Wildman–Crippen MR) is 141 cm³/mol. The van der Waals surface area contributed by atoms with Crippen molar-refractivity contribution in [1.29, 1.82) is 0 Å². The van der Waals surface area contributed by atoms with Crippen LogP contribution in [-0.4, -0.2) is 37.4 Å². The summed E-state index contributed by atoms with van der Waals surface area (Å²) in [6, 6.07) is 20.9. The van der Waals surface area contributed by atoms with Gasteiger partial charge in [-0.3, -0.25) is 4.79 Å². The molecule has 3 aliphatic rings. The van der Waals surface area contributed by atoms with Crippen LogP contribution in [0.15, 0.2) is 71.6 Å². The molecule has 0 N–H and O–H groups in total. The summed E-state index contributed by atoms with van der Waals surface area (Å²) in [6.45, 7) is 4.16. The van der Waals surface area contributed by atoms with E-state index in [0.717, 1.165) is 53.7 Å². The maximum atomic E-state index is 13.4. The second-order valence-electron chi connectivity index (χ2n) is 10.6. The average molecular weight is 518 g/mol. The molecule has 6 rings (SSSR count). The van der Waals surface area contributed by atoms with E-state index in [4.69, 9.17) is 9.47 Å². The minimum atomic E-state index is -3.53. The van der Waals surface area contributed by atoms with E-state index < -0.39 is 15.4 Å². The third kappa shape index (κ3) is 4.24. The van der Waals surface area contributed by atoms with E-state index in [0.29, 0.717) is 17.1 Å². The van der Waals surface area contributed by atoms with Gasteiger partial charge in [-0.15, -0.1) is 0 Å². The van der Waals surface area contributed by atoms with Gasteiger partial charge < -0.3 is 9.47 Å². The van der Waals surface area contributed by atoms with Gasteiger partial charge in [-0.25, -0.2) is 8.42 Å². The van der Waals surface area contributed by atoms with Crippen molar-refractivity contribution in [3.63, 3.8) is 0 Å². The molecular weight excluding hydrogens is 486 g/mol. The molecule has 6 nitrogen and oxygen atoms in total. The number of ketones is 1. The molecule has 1 saturated carbocycles. The molecule has 1 aliphatic carbocycles. The molecule has 7 heteroatoms. The molecule has 2 fully saturated rings. The largest absolute Gasteiger partial charge is 0.454 e. The number of fused-ring (bicyclic) bond motifs is 1. The highest BCUT2D eigenvalue weighted by atomic mass is 32.2. The summed E-state index contributed by atoms with van der Waals surface area (Å²) in [5.74, 6) is 1.64. The van der Waals surface area contributed by atoms with Crippen LogP contribution in [0.4, 0.5) is 0 Å². The van der Waals surface area contributed by atoms with Crippen LogP contribution in [0.2, 0.25) is 0 Å². The zero-order valence-corrected chi connectivity index (χ0v) is 22.0. The zero-order chi connectivity index (χ0) is 25.8. The third-order valence-corrected chi connectivity index (χ3v) is 10.3. The molecule has 0 radical (unpaired) electrons. The van der Waals surface area contributed by atoms with Crippen molar-refractivity contribution in [2.24, 2.45) is 0 Å². The molecule has 2 unspecified atom stereocenters. The smallest absolute Gasteiger partial charge is 0.243 e. The van der Waals surface area contributed by atoms with Crippen molar-refractivity contribution in [3.05, 3.63) is 77.9 Å². The van der Waals surface area contributed by atoms with Crippen molar-refractivity contribution in [3.8, 4) is 22.6 Å². The molecular formula is C30H31NO5S. The number of hydrogen-bond donors (Lipinski definition) is 0. The van der Waals surface area contributed by atoms with Crippen molar-refractivity contribution in [2.45, 2.75) is 68.3 Å². The molecule has 0 amide bonds. The van der Waals surface area contributed by atoms with E-state index in [1.807, 2.05) is 68.4 Å². The van der Waals surface area contributed by atoms with Gasteiger partial charge in [0.1, 0.15) is 5.78 Å². The summed E-state index contributed by atoms with van der Waals surface area (Å²) in [7, 11) is -3.53. The first-order valence-electron chi connectivity index (χ1n) is 12.9. The Hall–Kier alpha value is -3.16. The lowest BCUT2D eigenvalue weighted by molar-refractivity contribution is -0.120. The molecule has 2 aliphatic heterocycles. The summed E-state index contributed by atoms with van der Waals surface area (Å²) in [5, 5.41) is 0. The first-order valence-corrected chi connectivity index (χ1v) is 14.4. The highest BCUT2D eigenvalue weighted by molar-refractivity contribution is 7.89. The van der Waals surface area contributed by atoms with Crippen LogP contribution in [0.5, 0.6) is 11.5 Å². The van der Waals surface area contributed by atoms with E-state index in [1.165, 1.54) is 0 Å². The fraction of sp³-hybridized carbons (Fsp3) is 0.367. The first kappa shape index (κ1) is 24.2. The number of carbonyl (C=O) groups is 1. The molecule has 3 aromatic carbocycles. The normalized spacial score (nSPS) is 22.2. The molecule has 192 valence electrons. The van der Waals surface area contributed by atoms with Gasteiger partial charge in [0.05, 0.1) is 10.3 Å². The molecule has 2 heterocycles. The van der Waals surface area contributed by atoms with Gasteiger partial charge in [0.2, 0.25) is 16.8 Å². The van der Waals surface area contributed by atoms with Gasteiger partial charge >= 0.3 is 0 Å². The molecule has 1 saturated heterocycles. The van der Waals surface area contributed by atoms with Crippen LogP contribution >= 0.6 is 0 Å². The Balaban J connectivity index is 1.20. The van der Waals surface area contributed by atoms with Gasteiger partial charge in [0, 0.05) is 18.5 Å². The summed E-state index contributed by atoms with van der Waals surface area (Å²) in [4.78, 5) is 13.8. The van der Waals surface area contributed by atoms with Crippen molar-refractivity contribution < 1.29 is 22.7 Å². The second kappa shape index (κ2) is 8.99. The molecule has 0 aromatic heterocycles. The lowest BCUT2D eigenvalue weighted by atomic mass is 9.87. The van der Waals surface area contributed by atoms with E-state index >= 15 is 0 Å². The SMILES string of the molecule is CC1CCC(C)N1S(=O)(=O)c1ccc(-c2cccc(CC(=O)C3(c4ccc5c(c4)OCO5)CC3)c2)cc1. The minimum absolute atomic E-state index is 0.0151. The average Bonchev–Trinajstić information content (AvgIpc) is 3.45. The standard InChI is InChI=1S/C30H31NO5S/c1-20-6-7-21(2)31(20)37(33,34)26-11-8-23(9-12-26)24-5-3-4-22(16-24)17-29(32)30(14-15-30)25-10-13-27-28(18-25)36-19-35-27/h3-5,8-13,16,18,20-21H,6-7,14-15,17,19H2,1-2H3. The van der Waals surface area contributed by atoms with Crippen LogP contribution in [0.25, 0.3) is 11.1 Å². The third-order valence-electron chi connectivity index (χ3n) is 8.13. The maximum Gasteiger partial charge on any atom is 0.243 e. The fourth-order valence-electron chi connectivity index (χ4n) is 5.85. The van der Waals surface area contributed by atoms with Crippen LogP contribution in [0.1, 0.15) is 50.7 Å². The number of sulfonamides is 1. The Labute approximate surface area is 218 Å². The number of hydrogen-bond acceptors (Lipinski definition) is 5. The number of nitrogens with zero attached hydrogens (tertiary/aromatic N) is 1. The summed E-state index contributed by atoms with van der Waals surface area (Å²) in [6.07, 6.45) is 3.81. The number of ether oxygens (including phenoxy) is 2. The van der Waals surface area contributed by atoms with E-state index in [9.17, 15) is 13.2 Å². The summed E-state index contributed by atoms with van der Waals surface area (Å²) < 4.78 is 39.0. The van der Waals surface area contributed by atoms with E-state index in [-0.39, 0.29) is 24.7 Å². The highest BCUT2D eigenvalue weighted by Crippen LogP contribution is 2.51. The topological polar surface area (TPSA) is 72.9 Å². The Bertz CT molecular complexity index is 1450. The fourth-order valence-corrected chi connectivity index (χ4v) is 7.73. The number of carbonyl (C=O) groups excluding carboxylic acids is 1. The second-order valence-corrected chi connectivity index (χ2v) is 12.4. The monoisotopic (exact) mass is 517 g/mol. The van der Waals surface area contributed by atoms with Crippen LogP contribution in [0, 0.1) is 0 Å². The molecule has 3 aromatic rings. The van der Waals surface area contributed by atoms with Gasteiger partial charge in [0.25, 0.3) is 0 Å². The predicted octanol–water partition coefficient (Wildman–Crippen LogP) is 5.49. The summed E-state index contributed by atoms with van der Waals surface area (Å²) >= 11 is 0. The van der Waals surface area contributed by atoms with Crippen molar-refractivity contribution >= 4 is 15.8 Å². The van der Waals surface area contributed by atoms with Crippen LogP contribution < -0.4 is 9.47 Å². The van der Waals surface area contributed by atoms with E-state index in [2.05, 4.69) is 0 Å². The van der Waals surface area contributed by atoms with Gasteiger partial charge in [-0.1, -0.05) is 42.5 Å². The molecule has 0 bridgehead atoms. The van der Waals surface area contributed by atoms with Gasteiger partial charge in [-0.2, -0.15) is 4.31 Å². The highest BCUT2D eigenvalue weighted by Gasteiger charge is 2.50. The lowest BCUT2D eigenvalue weighted by Crippen LogP contribution is -2.38. The van der Waals surface area contributed by atoms with E-state index in [1.54, 1.807) is 16.4 Å². The lowest BCUT2D eigenvalue weighted by Gasteiger charge is -2.25. The molecule has 2 atom stereocenters. The maximum absolute atomic E-state index is 13.4. The molecule has 37 heavy (non-hydrogen) atoms. The first-order chi connectivity index (χ1) is 17.8. The van der Waals surface area contributed by atoms with Crippen molar-refractivity contribution in [1.82, 2.24) is 4.31 Å². The van der Waals surface area contributed by atoms with Crippen molar-refractivity contribution in [2.75, 3.05) is 6.79 Å². The quantitative estimate of drug-likeness (QED) is 0.415. The Morgan fingerprint density at radius 2 is 1.59 bits per heavy atom.